The van der Waals surface area contributed by atoms with E-state index >= 15 is 0 Å². The molecule has 1 amide bonds. The Balaban J connectivity index is 1.58. The number of thioether (sulfide) groups is 1. The van der Waals surface area contributed by atoms with E-state index in [1.165, 1.54) is 18.2 Å². The second-order valence-corrected chi connectivity index (χ2v) is 8.22. The average Bonchev–Trinajstić information content (AvgIpc) is 3.16. The topological polar surface area (TPSA) is 126 Å². The third-order valence-corrected chi connectivity index (χ3v) is 5.59. The summed E-state index contributed by atoms with van der Waals surface area (Å²) in [6.07, 6.45) is 0.0844. The number of rotatable bonds is 7. The van der Waals surface area contributed by atoms with Crippen LogP contribution in [0.4, 0.5) is 10.1 Å². The average molecular weight is 487 g/mol. The second kappa shape index (κ2) is 9.84. The Morgan fingerprint density at radius 1 is 1.06 bits per heavy atom. The third-order valence-electron chi connectivity index (χ3n) is 4.41. The highest BCUT2D eigenvalue weighted by Crippen LogP contribution is 2.24. The highest BCUT2D eigenvalue weighted by Gasteiger charge is 2.17. The summed E-state index contributed by atoms with van der Waals surface area (Å²) in [7, 11) is 0. The van der Waals surface area contributed by atoms with Crippen molar-refractivity contribution in [2.75, 3.05) is 11.1 Å². The molecule has 0 radical (unpaired) electrons. The minimum atomic E-state index is -0.640. The smallest absolute Gasteiger partial charge is 0.325 e. The number of carbonyl (C=O) groups excluding carboxylic acids is 1. The van der Waals surface area contributed by atoms with E-state index in [9.17, 15) is 18.8 Å². The van der Waals surface area contributed by atoms with Gasteiger partial charge in [0.1, 0.15) is 11.6 Å². The van der Waals surface area contributed by atoms with Crippen molar-refractivity contribution in [2.45, 2.75) is 11.6 Å². The molecule has 4 aromatic rings. The van der Waals surface area contributed by atoms with Gasteiger partial charge in [-0.05, 0) is 48.5 Å². The normalized spacial score (nSPS) is 10.8. The third kappa shape index (κ3) is 5.76. The molecule has 0 atom stereocenters. The van der Waals surface area contributed by atoms with Crippen molar-refractivity contribution >= 4 is 35.0 Å². The van der Waals surface area contributed by atoms with Crippen molar-refractivity contribution < 1.29 is 9.18 Å². The number of nitrogens with one attached hydrogen (secondary N) is 3. The molecule has 0 aliphatic heterocycles. The van der Waals surface area contributed by atoms with Gasteiger partial charge in [0.05, 0.1) is 5.75 Å². The molecule has 2 heterocycles. The molecule has 0 spiro atoms. The van der Waals surface area contributed by atoms with Crippen LogP contribution in [-0.2, 0) is 11.2 Å². The first-order chi connectivity index (χ1) is 15.9. The molecule has 0 fully saturated rings. The maximum absolute atomic E-state index is 13.5. The molecular weight excluding hydrogens is 471 g/mol. The Hall–Kier alpha value is -3.70. The van der Waals surface area contributed by atoms with Crippen LogP contribution in [0.3, 0.4) is 0 Å². The summed E-state index contributed by atoms with van der Waals surface area (Å²) in [4.78, 5) is 40.3. The molecule has 0 bridgehead atoms. The van der Waals surface area contributed by atoms with Crippen molar-refractivity contribution in [1.29, 1.82) is 0 Å². The lowest BCUT2D eigenvalue weighted by atomic mass is 10.2. The summed E-state index contributed by atoms with van der Waals surface area (Å²) in [6, 6.07) is 13.6. The Morgan fingerprint density at radius 3 is 2.48 bits per heavy atom. The lowest BCUT2D eigenvalue weighted by Gasteiger charge is -2.10. The molecule has 33 heavy (non-hydrogen) atoms. The monoisotopic (exact) mass is 486 g/mol. The highest BCUT2D eigenvalue weighted by atomic mass is 35.5. The number of benzene rings is 2. The van der Waals surface area contributed by atoms with E-state index in [0.717, 1.165) is 11.8 Å². The SMILES string of the molecule is O=C(CSc1nnc(Cc2cc(=O)[nH]c(=O)[nH]2)n1-c1ccc(F)cc1)Nc1ccc(Cl)cc1. The Kier molecular flexibility index (Phi) is 6.71. The molecule has 0 aliphatic carbocycles. The molecule has 3 N–H and O–H groups in total. The number of carbonyl (C=O) groups is 1. The number of halogens is 2. The number of anilines is 1. The van der Waals surface area contributed by atoms with Crippen LogP contribution in [0, 0.1) is 5.82 Å². The van der Waals surface area contributed by atoms with Crippen LogP contribution in [-0.4, -0.2) is 36.4 Å². The molecule has 168 valence electrons. The number of nitrogens with zero attached hydrogens (tertiary/aromatic N) is 3. The van der Waals surface area contributed by atoms with Gasteiger partial charge in [0.15, 0.2) is 5.16 Å². The van der Waals surface area contributed by atoms with Crippen molar-refractivity contribution in [2.24, 2.45) is 0 Å². The van der Waals surface area contributed by atoms with E-state index < -0.39 is 17.1 Å². The van der Waals surface area contributed by atoms with Gasteiger partial charge in [0.2, 0.25) is 5.91 Å². The Morgan fingerprint density at radius 2 is 1.79 bits per heavy atom. The van der Waals surface area contributed by atoms with Crippen LogP contribution in [0.5, 0.6) is 0 Å². The van der Waals surface area contributed by atoms with E-state index in [2.05, 4.69) is 25.5 Å². The summed E-state index contributed by atoms with van der Waals surface area (Å²) < 4.78 is 15.1. The fourth-order valence-electron chi connectivity index (χ4n) is 3.00. The summed E-state index contributed by atoms with van der Waals surface area (Å²) in [5.41, 5.74) is 0.304. The summed E-state index contributed by atoms with van der Waals surface area (Å²) in [5.74, 6) is -0.257. The molecular formula is C21H16ClFN6O3S. The highest BCUT2D eigenvalue weighted by molar-refractivity contribution is 7.99. The number of aromatic amines is 2. The van der Waals surface area contributed by atoms with Gasteiger partial charge in [-0.1, -0.05) is 23.4 Å². The van der Waals surface area contributed by atoms with E-state index in [1.807, 2.05) is 0 Å². The first-order valence-corrected chi connectivity index (χ1v) is 10.9. The molecule has 9 nitrogen and oxygen atoms in total. The number of H-pyrrole nitrogens is 2. The largest absolute Gasteiger partial charge is 0.325 e. The van der Waals surface area contributed by atoms with Gasteiger partial charge in [-0.15, -0.1) is 10.2 Å². The number of hydrogen-bond acceptors (Lipinski definition) is 6. The van der Waals surface area contributed by atoms with Gasteiger partial charge in [0.25, 0.3) is 5.56 Å². The van der Waals surface area contributed by atoms with Crippen molar-refractivity contribution in [3.05, 3.63) is 97.8 Å². The molecule has 0 saturated carbocycles. The van der Waals surface area contributed by atoms with Crippen LogP contribution in [0.25, 0.3) is 5.69 Å². The molecule has 0 unspecified atom stereocenters. The molecule has 2 aromatic heterocycles. The number of hydrogen-bond donors (Lipinski definition) is 3. The lowest BCUT2D eigenvalue weighted by molar-refractivity contribution is -0.113. The van der Waals surface area contributed by atoms with Crippen LogP contribution in [0.2, 0.25) is 5.02 Å². The van der Waals surface area contributed by atoms with Gasteiger partial charge in [-0.3, -0.25) is 19.1 Å². The van der Waals surface area contributed by atoms with Gasteiger partial charge in [0, 0.05) is 34.6 Å². The van der Waals surface area contributed by atoms with Crippen LogP contribution < -0.4 is 16.6 Å². The minimum absolute atomic E-state index is 0.0315. The zero-order chi connectivity index (χ0) is 23.4. The van der Waals surface area contributed by atoms with Gasteiger partial charge in [-0.25, -0.2) is 9.18 Å². The minimum Gasteiger partial charge on any atom is -0.325 e. The predicted molar refractivity (Wildman–Crippen MR) is 123 cm³/mol. The van der Waals surface area contributed by atoms with E-state index in [4.69, 9.17) is 11.6 Å². The first kappa shape index (κ1) is 22.5. The number of aromatic nitrogens is 5. The molecule has 0 saturated heterocycles. The van der Waals surface area contributed by atoms with Crippen LogP contribution >= 0.6 is 23.4 Å². The fraction of sp³-hybridized carbons (Fsp3) is 0.0952. The number of amides is 1. The zero-order valence-electron chi connectivity index (χ0n) is 16.8. The van der Waals surface area contributed by atoms with E-state index in [1.54, 1.807) is 41.0 Å². The van der Waals surface area contributed by atoms with E-state index in [-0.39, 0.29) is 18.1 Å². The van der Waals surface area contributed by atoms with Gasteiger partial charge >= 0.3 is 5.69 Å². The van der Waals surface area contributed by atoms with Crippen molar-refractivity contribution in [3.63, 3.8) is 0 Å². The zero-order valence-corrected chi connectivity index (χ0v) is 18.4. The van der Waals surface area contributed by atoms with Crippen LogP contribution in [0.15, 0.2) is 69.3 Å². The fourth-order valence-corrected chi connectivity index (χ4v) is 3.90. The summed E-state index contributed by atoms with van der Waals surface area (Å²) >= 11 is 6.99. The predicted octanol–water partition coefficient (Wildman–Crippen LogP) is 2.76. The second-order valence-electron chi connectivity index (χ2n) is 6.84. The standard InChI is InChI=1S/C21H16ClFN6O3S/c22-12-1-5-14(6-2-12)24-19(31)11-33-21-28-27-17(9-15-10-18(30)26-20(32)25-15)29(21)16-7-3-13(23)4-8-16/h1-8,10H,9,11H2,(H,24,31)(H2,25,26,30,32). The molecule has 2 aromatic carbocycles. The van der Waals surface area contributed by atoms with E-state index in [0.29, 0.717) is 33.1 Å². The van der Waals surface area contributed by atoms with Crippen molar-refractivity contribution in [1.82, 2.24) is 24.7 Å². The maximum Gasteiger partial charge on any atom is 0.325 e. The first-order valence-electron chi connectivity index (χ1n) is 9.58. The summed E-state index contributed by atoms with van der Waals surface area (Å²) in [6.45, 7) is 0. The lowest BCUT2D eigenvalue weighted by Crippen LogP contribution is -2.23. The molecule has 0 aliphatic rings. The van der Waals surface area contributed by atoms with Crippen molar-refractivity contribution in [3.8, 4) is 5.69 Å². The van der Waals surface area contributed by atoms with Crippen LogP contribution in [0.1, 0.15) is 11.5 Å². The quantitative estimate of drug-likeness (QED) is 0.345. The van der Waals surface area contributed by atoms with Gasteiger partial charge < -0.3 is 10.3 Å². The molecule has 4 rings (SSSR count). The Labute approximate surface area is 195 Å². The Bertz CT molecular complexity index is 1370. The summed E-state index contributed by atoms with van der Waals surface area (Å²) in [5, 5.41) is 12.0. The maximum atomic E-state index is 13.5. The molecule has 12 heteroatoms. The van der Waals surface area contributed by atoms with Gasteiger partial charge in [-0.2, -0.15) is 0 Å².